The summed E-state index contributed by atoms with van der Waals surface area (Å²) in [6.45, 7) is 3.33. The van der Waals surface area contributed by atoms with Gasteiger partial charge in [-0.2, -0.15) is 0 Å². The van der Waals surface area contributed by atoms with Crippen LogP contribution in [0.5, 0.6) is 0 Å². The molecular formula is C17H19N3O2S2. The van der Waals surface area contributed by atoms with Crippen molar-refractivity contribution in [2.45, 2.75) is 23.4 Å². The molecule has 1 aliphatic rings. The zero-order chi connectivity index (χ0) is 16.9. The predicted molar refractivity (Wildman–Crippen MR) is 96.1 cm³/mol. The number of amides is 2. The lowest BCUT2D eigenvalue weighted by molar-refractivity contribution is -0.137. The molecule has 0 bridgehead atoms. The third-order valence-electron chi connectivity index (χ3n) is 3.74. The molecule has 0 atom stereocenters. The molecule has 0 saturated carbocycles. The van der Waals surface area contributed by atoms with Crippen LogP contribution in [0.4, 0.5) is 0 Å². The molecule has 1 saturated heterocycles. The topological polar surface area (TPSA) is 62.3 Å². The van der Waals surface area contributed by atoms with Crippen LogP contribution in [0.25, 0.3) is 0 Å². The fourth-order valence-corrected chi connectivity index (χ4v) is 4.18. The number of hydrogen-bond donors (Lipinski definition) is 1. The molecule has 0 radical (unpaired) electrons. The van der Waals surface area contributed by atoms with Crippen LogP contribution in [0.2, 0.25) is 0 Å². The third-order valence-corrected chi connectivity index (χ3v) is 5.88. The molecule has 2 aromatic rings. The number of thiazole rings is 1. The summed E-state index contributed by atoms with van der Waals surface area (Å²) in [5.41, 5.74) is 3.30. The number of benzene rings is 1. The van der Waals surface area contributed by atoms with E-state index in [1.807, 2.05) is 5.38 Å². The fraction of sp³-hybridized carbons (Fsp3) is 0.353. The van der Waals surface area contributed by atoms with Gasteiger partial charge in [0.25, 0.3) is 0 Å². The number of rotatable bonds is 5. The van der Waals surface area contributed by atoms with Crippen molar-refractivity contribution in [3.05, 3.63) is 46.5 Å². The van der Waals surface area contributed by atoms with Gasteiger partial charge < -0.3 is 10.2 Å². The van der Waals surface area contributed by atoms with Gasteiger partial charge in [0.15, 0.2) is 0 Å². The van der Waals surface area contributed by atoms with E-state index in [2.05, 4.69) is 41.5 Å². The molecule has 0 unspecified atom stereocenters. The quantitative estimate of drug-likeness (QED) is 0.830. The number of nitrogens with zero attached hydrogens (tertiary/aromatic N) is 2. The molecule has 5 nitrogen and oxygen atoms in total. The highest BCUT2D eigenvalue weighted by Gasteiger charge is 2.21. The Balaban J connectivity index is 1.52. The molecule has 0 aliphatic carbocycles. The summed E-state index contributed by atoms with van der Waals surface area (Å²) >= 11 is 3.24. The third kappa shape index (κ3) is 4.58. The van der Waals surface area contributed by atoms with E-state index >= 15 is 0 Å². The number of carbonyl (C=O) groups excluding carboxylic acids is 2. The van der Waals surface area contributed by atoms with E-state index in [9.17, 15) is 9.59 Å². The summed E-state index contributed by atoms with van der Waals surface area (Å²) in [5.74, 6) is 0.737. The molecule has 24 heavy (non-hydrogen) atoms. The van der Waals surface area contributed by atoms with Gasteiger partial charge in [-0.3, -0.25) is 9.59 Å². The Hall–Kier alpha value is -1.86. The van der Waals surface area contributed by atoms with Gasteiger partial charge in [-0.1, -0.05) is 41.6 Å². The molecule has 0 spiro atoms. The van der Waals surface area contributed by atoms with Gasteiger partial charge >= 0.3 is 0 Å². The Morgan fingerprint density at radius 1 is 1.38 bits per heavy atom. The number of aryl methyl sites for hydroxylation is 1. The second kappa shape index (κ2) is 7.81. The largest absolute Gasteiger partial charge is 0.353 e. The molecule has 2 amide bonds. The molecule has 1 aromatic heterocycles. The number of carbonyl (C=O) groups is 2. The zero-order valence-corrected chi connectivity index (χ0v) is 15.1. The Bertz CT molecular complexity index is 728. The minimum absolute atomic E-state index is 0.0368. The molecule has 7 heteroatoms. The van der Waals surface area contributed by atoms with E-state index in [1.165, 1.54) is 11.1 Å². The SMILES string of the molecule is Cc1ccc(CSc2nc(CC(=O)N3CCNC(=O)C3)cs2)cc1. The van der Waals surface area contributed by atoms with E-state index in [1.54, 1.807) is 28.0 Å². The summed E-state index contributed by atoms with van der Waals surface area (Å²) in [6.07, 6.45) is 0.259. The maximum absolute atomic E-state index is 12.2. The molecular weight excluding hydrogens is 342 g/mol. The van der Waals surface area contributed by atoms with Gasteiger partial charge in [0.05, 0.1) is 18.7 Å². The second-order valence-electron chi connectivity index (χ2n) is 5.72. The summed E-state index contributed by atoms with van der Waals surface area (Å²) < 4.78 is 0.967. The van der Waals surface area contributed by atoms with Gasteiger partial charge in [0.1, 0.15) is 4.34 Å². The lowest BCUT2D eigenvalue weighted by Gasteiger charge is -2.26. The van der Waals surface area contributed by atoms with E-state index in [0.717, 1.165) is 15.8 Å². The highest BCUT2D eigenvalue weighted by Crippen LogP contribution is 2.26. The molecule has 126 valence electrons. The van der Waals surface area contributed by atoms with Gasteiger partial charge in [-0.25, -0.2) is 4.98 Å². The maximum Gasteiger partial charge on any atom is 0.239 e. The van der Waals surface area contributed by atoms with Crippen LogP contribution in [-0.4, -0.2) is 41.3 Å². The van der Waals surface area contributed by atoms with Crippen LogP contribution in [0.15, 0.2) is 34.0 Å². The predicted octanol–water partition coefficient (Wildman–Crippen LogP) is 2.24. The van der Waals surface area contributed by atoms with Crippen molar-refractivity contribution in [2.75, 3.05) is 19.6 Å². The number of piperazine rings is 1. The first-order valence-electron chi connectivity index (χ1n) is 7.77. The first-order chi connectivity index (χ1) is 11.6. The van der Waals surface area contributed by atoms with Crippen LogP contribution < -0.4 is 5.32 Å². The Kier molecular flexibility index (Phi) is 5.52. The summed E-state index contributed by atoms with van der Waals surface area (Å²) in [6, 6.07) is 8.47. The second-order valence-corrected chi connectivity index (χ2v) is 7.80. The van der Waals surface area contributed by atoms with Crippen LogP contribution in [0.1, 0.15) is 16.8 Å². The molecule has 1 aliphatic heterocycles. The van der Waals surface area contributed by atoms with Crippen molar-refractivity contribution in [1.82, 2.24) is 15.2 Å². The Morgan fingerprint density at radius 3 is 2.92 bits per heavy atom. The van der Waals surface area contributed by atoms with Crippen molar-refractivity contribution in [1.29, 1.82) is 0 Å². The minimum atomic E-state index is -0.0952. The smallest absolute Gasteiger partial charge is 0.239 e. The molecule has 1 aromatic carbocycles. The average molecular weight is 361 g/mol. The standard InChI is InChI=1S/C17H19N3O2S2/c1-12-2-4-13(5-3-12)10-23-17-19-14(11-24-17)8-16(22)20-7-6-18-15(21)9-20/h2-5,11H,6-10H2,1H3,(H,18,21). The molecule has 1 fully saturated rings. The highest BCUT2D eigenvalue weighted by molar-refractivity contribution is 8.00. The zero-order valence-electron chi connectivity index (χ0n) is 13.4. The monoisotopic (exact) mass is 361 g/mol. The van der Waals surface area contributed by atoms with E-state index in [-0.39, 0.29) is 24.8 Å². The normalized spacial score (nSPS) is 14.5. The van der Waals surface area contributed by atoms with E-state index in [4.69, 9.17) is 0 Å². The number of nitrogens with one attached hydrogen (secondary N) is 1. The van der Waals surface area contributed by atoms with Crippen LogP contribution in [0, 0.1) is 6.92 Å². The lowest BCUT2D eigenvalue weighted by atomic mass is 10.2. The van der Waals surface area contributed by atoms with Gasteiger partial charge in [0.2, 0.25) is 11.8 Å². The molecule has 1 N–H and O–H groups in total. The summed E-state index contributed by atoms with van der Waals surface area (Å²) in [7, 11) is 0. The summed E-state index contributed by atoms with van der Waals surface area (Å²) in [4.78, 5) is 29.7. The van der Waals surface area contributed by atoms with E-state index in [0.29, 0.717) is 13.1 Å². The van der Waals surface area contributed by atoms with Crippen LogP contribution in [0.3, 0.4) is 0 Å². The number of aromatic nitrogens is 1. The van der Waals surface area contributed by atoms with Crippen LogP contribution >= 0.6 is 23.1 Å². The minimum Gasteiger partial charge on any atom is -0.353 e. The van der Waals surface area contributed by atoms with Crippen molar-refractivity contribution < 1.29 is 9.59 Å². The first-order valence-corrected chi connectivity index (χ1v) is 9.64. The van der Waals surface area contributed by atoms with Crippen LogP contribution in [-0.2, 0) is 21.8 Å². The fourth-order valence-electron chi connectivity index (χ4n) is 2.38. The highest BCUT2D eigenvalue weighted by atomic mass is 32.2. The van der Waals surface area contributed by atoms with Crippen molar-refractivity contribution in [3.63, 3.8) is 0 Å². The van der Waals surface area contributed by atoms with Gasteiger partial charge in [-0.05, 0) is 12.5 Å². The van der Waals surface area contributed by atoms with Gasteiger partial charge in [-0.15, -0.1) is 11.3 Å². The molecule has 2 heterocycles. The molecule has 3 rings (SSSR count). The van der Waals surface area contributed by atoms with Gasteiger partial charge in [0, 0.05) is 24.2 Å². The van der Waals surface area contributed by atoms with Crippen molar-refractivity contribution in [2.24, 2.45) is 0 Å². The first kappa shape index (κ1) is 17.0. The van der Waals surface area contributed by atoms with Crippen molar-refractivity contribution in [3.8, 4) is 0 Å². The van der Waals surface area contributed by atoms with Crippen molar-refractivity contribution >= 4 is 34.9 Å². The Labute approximate surface area is 149 Å². The summed E-state index contributed by atoms with van der Waals surface area (Å²) in [5, 5.41) is 4.65. The van der Waals surface area contributed by atoms with E-state index < -0.39 is 0 Å². The average Bonchev–Trinajstić information content (AvgIpc) is 3.02. The maximum atomic E-state index is 12.2. The Morgan fingerprint density at radius 2 is 2.17 bits per heavy atom. The lowest BCUT2D eigenvalue weighted by Crippen LogP contribution is -2.50. The number of hydrogen-bond acceptors (Lipinski definition) is 5. The number of thioether (sulfide) groups is 1.